The predicted octanol–water partition coefficient (Wildman–Crippen LogP) is 7.41. The van der Waals surface area contributed by atoms with Crippen molar-refractivity contribution in [2.75, 3.05) is 13.2 Å². The van der Waals surface area contributed by atoms with Crippen molar-refractivity contribution in [3.05, 3.63) is 11.9 Å². The van der Waals surface area contributed by atoms with Gasteiger partial charge in [-0.25, -0.2) is 4.39 Å². The Morgan fingerprint density at radius 3 is 1.89 bits per heavy atom. The van der Waals surface area contributed by atoms with E-state index in [0.29, 0.717) is 25.0 Å². The molecule has 0 radical (unpaired) electrons. The van der Waals surface area contributed by atoms with Crippen LogP contribution in [0.4, 0.5) is 4.39 Å². The average Bonchev–Trinajstić information content (AvgIpc) is 3.76. The van der Waals surface area contributed by atoms with Crippen molar-refractivity contribution in [2.45, 2.75) is 223 Å². The lowest BCUT2D eigenvalue weighted by Crippen LogP contribution is -2.59. The van der Waals surface area contributed by atoms with E-state index in [9.17, 15) is 30.6 Å². The fraction of sp³-hybridized carbons (Fsp3) is 0.953. The molecular weight excluding hydrogens is 679 g/mol. The zero-order valence-corrected chi connectivity index (χ0v) is 33.0. The minimum absolute atomic E-state index is 0.229. The summed E-state index contributed by atoms with van der Waals surface area (Å²) in [6, 6.07) is 0. The number of epoxide rings is 1. The van der Waals surface area contributed by atoms with Crippen molar-refractivity contribution in [2.24, 2.45) is 23.7 Å². The van der Waals surface area contributed by atoms with Crippen molar-refractivity contribution in [3.8, 4) is 0 Å². The van der Waals surface area contributed by atoms with E-state index in [0.717, 1.165) is 62.7 Å². The van der Waals surface area contributed by atoms with Crippen LogP contribution in [0.1, 0.15) is 167 Å². The van der Waals surface area contributed by atoms with E-state index < -0.39 is 55.4 Å². The summed E-state index contributed by atoms with van der Waals surface area (Å²) in [4.78, 5) is 0. The van der Waals surface area contributed by atoms with Gasteiger partial charge in [0.25, 0.3) is 0 Å². The molecule has 2 aliphatic carbocycles. The smallest absolute Gasteiger partial charge is 0.186 e. The molecule has 2 heterocycles. The molecule has 2 bridgehead atoms. The summed E-state index contributed by atoms with van der Waals surface area (Å²) >= 11 is 0. The maximum absolute atomic E-state index is 15.2. The molecule has 0 spiro atoms. The zero-order chi connectivity index (χ0) is 38.0. The van der Waals surface area contributed by atoms with Crippen LogP contribution in [-0.2, 0) is 14.2 Å². The van der Waals surface area contributed by atoms with E-state index in [1.165, 1.54) is 102 Å². The van der Waals surface area contributed by atoms with Gasteiger partial charge in [0.1, 0.15) is 24.4 Å². The second kappa shape index (κ2) is 24.8. The van der Waals surface area contributed by atoms with Gasteiger partial charge in [-0.1, -0.05) is 135 Å². The monoisotopic (exact) mass is 757 g/mol. The van der Waals surface area contributed by atoms with Gasteiger partial charge < -0.3 is 44.8 Å². The second-order valence-electron chi connectivity index (χ2n) is 17.1. The number of hydrogen-bond acceptors (Lipinski definition) is 9. The summed E-state index contributed by atoms with van der Waals surface area (Å²) in [5.74, 6) is 1.30. The highest BCUT2D eigenvalue weighted by molar-refractivity contribution is 5.10. The Morgan fingerprint density at radius 2 is 1.30 bits per heavy atom. The van der Waals surface area contributed by atoms with Crippen LogP contribution in [0.25, 0.3) is 0 Å². The quantitative estimate of drug-likeness (QED) is 0.0314. The molecule has 4 rings (SSSR count). The number of hydrogen-bond donors (Lipinski definition) is 6. The van der Waals surface area contributed by atoms with Gasteiger partial charge in [0, 0.05) is 5.92 Å². The molecule has 9 nitrogen and oxygen atoms in total. The van der Waals surface area contributed by atoms with Crippen LogP contribution < -0.4 is 0 Å². The van der Waals surface area contributed by atoms with Gasteiger partial charge in [0.05, 0.1) is 43.5 Å². The number of unbranched alkanes of at least 4 members (excludes halogenated alkanes) is 18. The number of halogens is 1. The van der Waals surface area contributed by atoms with E-state index in [-0.39, 0.29) is 18.9 Å². The lowest BCUT2D eigenvalue weighted by Gasteiger charge is -2.40. The molecule has 310 valence electrons. The Balaban J connectivity index is 1.11. The number of ether oxygens (including phenoxy) is 3. The highest BCUT2D eigenvalue weighted by atomic mass is 19.1. The first kappa shape index (κ1) is 45.0. The topological polar surface area (TPSA) is 152 Å². The summed E-state index contributed by atoms with van der Waals surface area (Å²) in [5, 5.41) is 62.3. The molecule has 10 heteroatoms. The lowest BCUT2D eigenvalue weighted by atomic mass is 9.85. The van der Waals surface area contributed by atoms with Crippen LogP contribution in [0.2, 0.25) is 0 Å². The third kappa shape index (κ3) is 15.0. The first-order valence-electron chi connectivity index (χ1n) is 22.0. The Labute approximate surface area is 320 Å². The molecule has 6 N–H and O–H groups in total. The molecule has 0 aromatic carbocycles. The fourth-order valence-electron chi connectivity index (χ4n) is 9.45. The minimum Gasteiger partial charge on any atom is -0.394 e. The highest BCUT2D eigenvalue weighted by Gasteiger charge is 2.62. The molecule has 2 aliphatic heterocycles. The third-order valence-corrected chi connectivity index (χ3v) is 12.9. The Bertz CT molecular complexity index is 999. The van der Waals surface area contributed by atoms with Crippen LogP contribution in [0, 0.1) is 23.7 Å². The summed E-state index contributed by atoms with van der Waals surface area (Å²) in [5.41, 5.74) is 0. The Kier molecular flexibility index (Phi) is 21.1. The molecule has 4 fully saturated rings. The second-order valence-corrected chi connectivity index (χ2v) is 17.1. The van der Waals surface area contributed by atoms with E-state index in [1.807, 2.05) is 0 Å². The summed E-state index contributed by atoms with van der Waals surface area (Å²) < 4.78 is 32.2. The summed E-state index contributed by atoms with van der Waals surface area (Å²) in [6.45, 7) is 1.35. The van der Waals surface area contributed by atoms with Gasteiger partial charge in [0.15, 0.2) is 6.29 Å². The molecule has 53 heavy (non-hydrogen) atoms. The lowest BCUT2D eigenvalue weighted by molar-refractivity contribution is -0.303. The molecule has 5 unspecified atom stereocenters. The number of rotatable bonds is 31. The number of fused-ring (bicyclic) bond motifs is 5. The fourth-order valence-corrected chi connectivity index (χ4v) is 9.45. The van der Waals surface area contributed by atoms with Crippen LogP contribution in [0.15, 0.2) is 11.9 Å². The molecule has 13 atom stereocenters. The van der Waals surface area contributed by atoms with Crippen molar-refractivity contribution < 1.29 is 49.2 Å². The van der Waals surface area contributed by atoms with E-state index in [2.05, 4.69) is 6.92 Å². The molecule has 2 saturated carbocycles. The van der Waals surface area contributed by atoms with Gasteiger partial charge in [-0.3, -0.25) is 0 Å². The van der Waals surface area contributed by atoms with Crippen LogP contribution >= 0.6 is 0 Å². The third-order valence-electron chi connectivity index (χ3n) is 12.9. The van der Waals surface area contributed by atoms with Crippen molar-refractivity contribution >= 4 is 0 Å². The average molecular weight is 757 g/mol. The molecule has 2 saturated heterocycles. The predicted molar refractivity (Wildman–Crippen MR) is 205 cm³/mol. The molecular formula is C43H77FO9. The van der Waals surface area contributed by atoms with Gasteiger partial charge in [-0.2, -0.15) is 0 Å². The highest BCUT2D eigenvalue weighted by Crippen LogP contribution is 2.59. The molecule has 0 aromatic heterocycles. The van der Waals surface area contributed by atoms with Gasteiger partial charge in [-0.05, 0) is 55.9 Å². The maximum Gasteiger partial charge on any atom is 0.186 e. The normalized spacial score (nSPS) is 32.6. The van der Waals surface area contributed by atoms with Crippen LogP contribution in [0.5, 0.6) is 0 Å². The molecule has 0 aromatic rings. The first-order chi connectivity index (χ1) is 25.7. The van der Waals surface area contributed by atoms with Gasteiger partial charge >= 0.3 is 0 Å². The van der Waals surface area contributed by atoms with E-state index >= 15 is 4.39 Å². The Morgan fingerprint density at radius 1 is 0.717 bits per heavy atom. The number of aliphatic hydroxyl groups is 6. The standard InChI is InChI=1S/C43H77FO9/c1-2-3-4-5-6-7-8-9-10-15-18-21-24-35(46)37(47)32(29-51-43-40(50)39(49)38(48)36(28-45)52-43)26-33(44)23-20-17-14-12-11-13-16-19-22-30-25-31-27-34(30)42-41(31)53-42/h26,30-32,34-43,45-50H,2-25,27-29H2,1H3/b33-26+/t30-,31+,32-,34+,35+,36?,37-,38?,39?,40?,41+,42-,43?/m0/s1. The van der Waals surface area contributed by atoms with Crippen molar-refractivity contribution in [3.63, 3.8) is 0 Å². The zero-order valence-electron chi connectivity index (χ0n) is 33.0. The Hall–Kier alpha value is -0.690. The summed E-state index contributed by atoms with van der Waals surface area (Å²) in [7, 11) is 0. The SMILES string of the molecule is CCCCCCCCCCCCCC[C@@H](O)[C@@H](O)[C@@H](/C=C(/F)CCCCCCCCCC[C@H]1C[C@@H]2C[C@H]1[C@@H]1O[C@H]21)COC1OC(CO)C(O)C(O)C1O. The van der Waals surface area contributed by atoms with Crippen molar-refractivity contribution in [1.29, 1.82) is 0 Å². The van der Waals surface area contributed by atoms with Crippen molar-refractivity contribution in [1.82, 2.24) is 0 Å². The van der Waals surface area contributed by atoms with Crippen LogP contribution in [-0.4, -0.2) is 99.0 Å². The number of aliphatic hydroxyl groups excluding tert-OH is 6. The van der Waals surface area contributed by atoms with E-state index in [1.54, 1.807) is 0 Å². The largest absolute Gasteiger partial charge is 0.394 e. The minimum atomic E-state index is -1.61. The molecule has 4 aliphatic rings. The first-order valence-corrected chi connectivity index (χ1v) is 22.0. The van der Waals surface area contributed by atoms with Gasteiger partial charge in [0.2, 0.25) is 0 Å². The van der Waals surface area contributed by atoms with E-state index in [4.69, 9.17) is 14.2 Å². The van der Waals surface area contributed by atoms with Crippen LogP contribution in [0.3, 0.4) is 0 Å². The number of allylic oxidation sites excluding steroid dienone is 1. The summed E-state index contributed by atoms with van der Waals surface area (Å²) in [6.07, 6.45) is 20.9. The maximum atomic E-state index is 15.2. The molecule has 0 amide bonds. The van der Waals surface area contributed by atoms with Gasteiger partial charge in [-0.15, -0.1) is 0 Å².